The van der Waals surface area contributed by atoms with Crippen molar-refractivity contribution in [1.82, 2.24) is 20.0 Å². The molecule has 0 aliphatic heterocycles. The molecule has 0 amide bonds. The average Bonchev–Trinajstić information content (AvgIpc) is 2.96. The molecule has 0 spiro atoms. The third kappa shape index (κ3) is 2.98. The maximum atomic E-state index is 12.7. The molecule has 22 heavy (non-hydrogen) atoms. The van der Waals surface area contributed by atoms with Crippen molar-refractivity contribution >= 4 is 0 Å². The molecule has 0 saturated heterocycles. The Morgan fingerprint density at radius 3 is 2.64 bits per heavy atom. The van der Waals surface area contributed by atoms with Crippen LogP contribution in [0.4, 0.5) is 13.2 Å². The second kappa shape index (κ2) is 5.59. The monoisotopic (exact) mass is 304 g/mol. The van der Waals surface area contributed by atoms with Gasteiger partial charge in [0.05, 0.1) is 24.0 Å². The van der Waals surface area contributed by atoms with Crippen molar-refractivity contribution in [2.75, 3.05) is 0 Å². The van der Waals surface area contributed by atoms with E-state index in [-0.39, 0.29) is 6.54 Å². The molecule has 0 saturated carbocycles. The van der Waals surface area contributed by atoms with Crippen LogP contribution in [0, 0.1) is 0 Å². The molecular formula is C15H11F3N4. The molecule has 4 nitrogen and oxygen atoms in total. The van der Waals surface area contributed by atoms with Gasteiger partial charge in [0.25, 0.3) is 0 Å². The van der Waals surface area contributed by atoms with Crippen LogP contribution < -0.4 is 0 Å². The molecular weight excluding hydrogens is 293 g/mol. The Morgan fingerprint density at radius 1 is 1.05 bits per heavy atom. The van der Waals surface area contributed by atoms with E-state index in [1.54, 1.807) is 35.4 Å². The van der Waals surface area contributed by atoms with Crippen LogP contribution in [0.15, 0.2) is 55.0 Å². The topological polar surface area (TPSA) is 43.6 Å². The fraction of sp³-hybridized carbons (Fsp3) is 0.133. The van der Waals surface area contributed by atoms with E-state index in [0.717, 1.165) is 17.7 Å². The van der Waals surface area contributed by atoms with Gasteiger partial charge in [-0.05, 0) is 29.8 Å². The van der Waals surface area contributed by atoms with E-state index in [1.807, 2.05) is 6.07 Å². The first-order valence-electron chi connectivity index (χ1n) is 6.49. The van der Waals surface area contributed by atoms with E-state index in [0.29, 0.717) is 11.3 Å². The second-order valence-corrected chi connectivity index (χ2v) is 4.72. The number of nitrogens with zero attached hydrogens (tertiary/aromatic N) is 4. The Hall–Kier alpha value is -2.70. The Balaban J connectivity index is 1.91. The van der Waals surface area contributed by atoms with Crippen LogP contribution in [0.25, 0.3) is 11.3 Å². The number of hydrogen-bond acceptors (Lipinski definition) is 3. The van der Waals surface area contributed by atoms with Gasteiger partial charge in [-0.15, -0.1) is 5.10 Å². The molecule has 2 aromatic heterocycles. The summed E-state index contributed by atoms with van der Waals surface area (Å²) >= 11 is 0. The van der Waals surface area contributed by atoms with Gasteiger partial charge in [0, 0.05) is 18.0 Å². The summed E-state index contributed by atoms with van der Waals surface area (Å²) in [4.78, 5) is 4.02. The van der Waals surface area contributed by atoms with Crippen LogP contribution >= 0.6 is 0 Å². The highest BCUT2D eigenvalue weighted by atomic mass is 19.4. The molecule has 1 aromatic carbocycles. The third-order valence-electron chi connectivity index (χ3n) is 3.16. The molecule has 0 bridgehead atoms. The first kappa shape index (κ1) is 14.2. The molecule has 3 rings (SSSR count). The number of halogens is 3. The molecule has 0 aliphatic carbocycles. The summed E-state index contributed by atoms with van der Waals surface area (Å²) in [6, 6.07) is 8.80. The highest BCUT2D eigenvalue weighted by Gasteiger charge is 2.30. The molecule has 0 N–H and O–H groups in total. The quantitative estimate of drug-likeness (QED) is 0.745. The SMILES string of the molecule is FC(F)(F)c1cccc(Cn2nncc2-c2cccnc2)c1. The standard InChI is InChI=1S/C15H11F3N4/c16-15(17,18)13-5-1-3-11(7-13)10-22-14(9-20-21-22)12-4-2-6-19-8-12/h1-9H,10H2. The number of aromatic nitrogens is 4. The molecule has 112 valence electrons. The molecule has 7 heteroatoms. The minimum absolute atomic E-state index is 0.203. The van der Waals surface area contributed by atoms with Crippen LogP contribution in [0.5, 0.6) is 0 Å². The Labute approximate surface area is 124 Å². The highest BCUT2D eigenvalue weighted by molar-refractivity contribution is 5.56. The van der Waals surface area contributed by atoms with Crippen molar-refractivity contribution in [1.29, 1.82) is 0 Å². The second-order valence-electron chi connectivity index (χ2n) is 4.72. The summed E-state index contributed by atoms with van der Waals surface area (Å²) < 4.78 is 39.8. The lowest BCUT2D eigenvalue weighted by atomic mass is 10.1. The van der Waals surface area contributed by atoms with E-state index >= 15 is 0 Å². The number of hydrogen-bond donors (Lipinski definition) is 0. The normalized spacial score (nSPS) is 11.6. The summed E-state index contributed by atoms with van der Waals surface area (Å²) in [5, 5.41) is 7.77. The zero-order valence-electron chi connectivity index (χ0n) is 11.3. The van der Waals surface area contributed by atoms with Gasteiger partial charge in [0.15, 0.2) is 0 Å². The fourth-order valence-electron chi connectivity index (χ4n) is 2.13. The lowest BCUT2D eigenvalue weighted by Gasteiger charge is -2.10. The van der Waals surface area contributed by atoms with Gasteiger partial charge in [0.1, 0.15) is 0 Å². The van der Waals surface area contributed by atoms with Crippen LogP contribution in [0.3, 0.4) is 0 Å². The van der Waals surface area contributed by atoms with Gasteiger partial charge in [0.2, 0.25) is 0 Å². The number of benzene rings is 1. The summed E-state index contributed by atoms with van der Waals surface area (Å²) in [6.45, 7) is 0.203. The lowest BCUT2D eigenvalue weighted by molar-refractivity contribution is -0.137. The largest absolute Gasteiger partial charge is 0.416 e. The van der Waals surface area contributed by atoms with Crippen molar-refractivity contribution < 1.29 is 13.2 Å². The predicted molar refractivity (Wildman–Crippen MR) is 73.8 cm³/mol. The van der Waals surface area contributed by atoms with Gasteiger partial charge in [-0.3, -0.25) is 4.98 Å². The minimum Gasteiger partial charge on any atom is -0.264 e. The Bertz CT molecular complexity index is 766. The molecule has 2 heterocycles. The van der Waals surface area contributed by atoms with E-state index < -0.39 is 11.7 Å². The van der Waals surface area contributed by atoms with Gasteiger partial charge < -0.3 is 0 Å². The van der Waals surface area contributed by atoms with Crippen molar-refractivity contribution in [3.8, 4) is 11.3 Å². The molecule has 0 fully saturated rings. The van der Waals surface area contributed by atoms with E-state index in [9.17, 15) is 13.2 Å². The average molecular weight is 304 g/mol. The van der Waals surface area contributed by atoms with E-state index in [1.165, 1.54) is 6.07 Å². The molecule has 0 unspecified atom stereocenters. The Morgan fingerprint density at radius 2 is 1.91 bits per heavy atom. The van der Waals surface area contributed by atoms with Crippen LogP contribution in [-0.4, -0.2) is 20.0 Å². The zero-order valence-corrected chi connectivity index (χ0v) is 11.3. The summed E-state index contributed by atoms with van der Waals surface area (Å²) in [5.74, 6) is 0. The maximum Gasteiger partial charge on any atom is 0.416 e. The van der Waals surface area contributed by atoms with Crippen molar-refractivity contribution in [3.63, 3.8) is 0 Å². The lowest BCUT2D eigenvalue weighted by Crippen LogP contribution is -2.08. The van der Waals surface area contributed by atoms with Crippen LogP contribution in [0.2, 0.25) is 0 Å². The number of pyridine rings is 1. The summed E-state index contributed by atoms with van der Waals surface area (Å²) in [7, 11) is 0. The van der Waals surface area contributed by atoms with Crippen molar-refractivity contribution in [2.45, 2.75) is 12.7 Å². The highest BCUT2D eigenvalue weighted by Crippen LogP contribution is 2.29. The smallest absolute Gasteiger partial charge is 0.264 e. The van der Waals surface area contributed by atoms with Crippen molar-refractivity contribution in [2.24, 2.45) is 0 Å². The molecule has 0 aliphatic rings. The maximum absolute atomic E-state index is 12.7. The summed E-state index contributed by atoms with van der Waals surface area (Å²) in [5.41, 5.74) is 1.34. The summed E-state index contributed by atoms with van der Waals surface area (Å²) in [6.07, 6.45) is 0.501. The van der Waals surface area contributed by atoms with E-state index in [2.05, 4.69) is 15.3 Å². The first-order chi connectivity index (χ1) is 10.5. The van der Waals surface area contributed by atoms with E-state index in [4.69, 9.17) is 0 Å². The Kier molecular flexibility index (Phi) is 3.62. The van der Waals surface area contributed by atoms with Gasteiger partial charge in [-0.1, -0.05) is 17.3 Å². The van der Waals surface area contributed by atoms with Gasteiger partial charge in [-0.2, -0.15) is 13.2 Å². The molecule has 0 atom stereocenters. The third-order valence-corrected chi connectivity index (χ3v) is 3.16. The minimum atomic E-state index is -4.36. The van der Waals surface area contributed by atoms with Crippen LogP contribution in [-0.2, 0) is 12.7 Å². The fourth-order valence-corrected chi connectivity index (χ4v) is 2.13. The van der Waals surface area contributed by atoms with Gasteiger partial charge >= 0.3 is 6.18 Å². The number of alkyl halides is 3. The van der Waals surface area contributed by atoms with Crippen molar-refractivity contribution in [3.05, 3.63) is 66.1 Å². The molecule has 3 aromatic rings. The first-order valence-corrected chi connectivity index (χ1v) is 6.49. The number of rotatable bonds is 3. The zero-order chi connectivity index (χ0) is 15.6. The van der Waals surface area contributed by atoms with Gasteiger partial charge in [-0.25, -0.2) is 4.68 Å². The molecule has 0 radical (unpaired) electrons. The predicted octanol–water partition coefficient (Wildman–Crippen LogP) is 3.41. The van der Waals surface area contributed by atoms with Crippen LogP contribution in [0.1, 0.15) is 11.1 Å².